The van der Waals surface area contributed by atoms with Crippen LogP contribution in [0.25, 0.3) is 0 Å². The van der Waals surface area contributed by atoms with Crippen molar-refractivity contribution in [3.8, 4) is 0 Å². The molecule has 0 bridgehead atoms. The molecule has 156 valence electrons. The van der Waals surface area contributed by atoms with Gasteiger partial charge in [0.1, 0.15) is 0 Å². The lowest BCUT2D eigenvalue weighted by Crippen LogP contribution is -2.54. The Bertz CT molecular complexity index is 563. The van der Waals surface area contributed by atoms with Crippen LogP contribution in [0.1, 0.15) is 98.8 Å². The molecule has 1 nitrogen and oxygen atoms in total. The van der Waals surface area contributed by atoms with Crippen LogP contribution in [0.2, 0.25) is 18.1 Å². The van der Waals surface area contributed by atoms with E-state index in [9.17, 15) is 0 Å². The van der Waals surface area contributed by atoms with Crippen LogP contribution < -0.4 is 0 Å². The molecule has 27 heavy (non-hydrogen) atoms. The molecule has 0 unspecified atom stereocenters. The number of hydrogen-bond acceptors (Lipinski definition) is 1. The van der Waals surface area contributed by atoms with Crippen molar-refractivity contribution in [1.82, 2.24) is 0 Å². The third-order valence-electron chi connectivity index (χ3n) is 10.7. The fourth-order valence-electron chi connectivity index (χ4n) is 7.91. The highest BCUT2D eigenvalue weighted by Crippen LogP contribution is 2.66. The molecule has 2 heteroatoms. The van der Waals surface area contributed by atoms with E-state index < -0.39 is 8.32 Å². The predicted octanol–water partition coefficient (Wildman–Crippen LogP) is 7.81. The Morgan fingerprint density at radius 1 is 0.852 bits per heavy atom. The van der Waals surface area contributed by atoms with Gasteiger partial charge in [-0.3, -0.25) is 0 Å². The molecule has 0 N–H and O–H groups in total. The van der Waals surface area contributed by atoms with Gasteiger partial charge >= 0.3 is 0 Å². The van der Waals surface area contributed by atoms with E-state index in [1.807, 2.05) is 0 Å². The van der Waals surface area contributed by atoms with Gasteiger partial charge in [-0.2, -0.15) is 0 Å². The second kappa shape index (κ2) is 6.59. The Hall–Kier alpha value is 0.177. The van der Waals surface area contributed by atoms with Crippen molar-refractivity contribution in [1.29, 1.82) is 0 Å². The molecule has 4 saturated carbocycles. The van der Waals surface area contributed by atoms with Crippen LogP contribution >= 0.6 is 0 Å². The second-order valence-corrected chi connectivity index (χ2v) is 17.8. The lowest BCUT2D eigenvalue weighted by atomic mass is 9.45. The van der Waals surface area contributed by atoms with Gasteiger partial charge in [0.25, 0.3) is 0 Å². The van der Waals surface area contributed by atoms with Crippen molar-refractivity contribution < 1.29 is 4.43 Å². The van der Waals surface area contributed by atoms with Gasteiger partial charge < -0.3 is 4.43 Å². The van der Waals surface area contributed by atoms with E-state index in [2.05, 4.69) is 47.7 Å². The standard InChI is InChI=1S/C25H46OSi/c1-23(2,3)27(6,7)26-19-12-16-25(5)18(17-19)10-11-20-21-9-8-14-24(21,4)15-13-22(20)25/h18-22H,8-17H2,1-7H3/t18-,19-,20+,21+,22+,24+,25+/m1/s1. The van der Waals surface area contributed by atoms with Crippen molar-refractivity contribution in [2.24, 2.45) is 34.5 Å². The summed E-state index contributed by atoms with van der Waals surface area (Å²) in [5.41, 5.74) is 1.31. The van der Waals surface area contributed by atoms with Gasteiger partial charge in [-0.1, -0.05) is 41.0 Å². The summed E-state index contributed by atoms with van der Waals surface area (Å²) in [6, 6.07) is 0. The van der Waals surface area contributed by atoms with Gasteiger partial charge in [-0.05, 0) is 110 Å². The van der Waals surface area contributed by atoms with Crippen LogP contribution in [0.4, 0.5) is 0 Å². The van der Waals surface area contributed by atoms with Crippen LogP contribution in [-0.4, -0.2) is 14.4 Å². The normalized spacial score (nSPS) is 47.9. The zero-order chi connectivity index (χ0) is 19.7. The molecule has 4 fully saturated rings. The van der Waals surface area contributed by atoms with Crippen LogP contribution in [0.3, 0.4) is 0 Å². The van der Waals surface area contributed by atoms with Gasteiger partial charge in [0, 0.05) is 6.10 Å². The molecule has 0 radical (unpaired) electrons. The largest absolute Gasteiger partial charge is 0.414 e. The Morgan fingerprint density at radius 3 is 2.30 bits per heavy atom. The number of rotatable bonds is 2. The molecule has 0 amide bonds. The molecule has 0 heterocycles. The summed E-state index contributed by atoms with van der Waals surface area (Å²) in [7, 11) is -1.64. The number of fused-ring (bicyclic) bond motifs is 5. The molecular formula is C25H46OSi. The Morgan fingerprint density at radius 2 is 1.59 bits per heavy atom. The minimum Gasteiger partial charge on any atom is -0.414 e. The van der Waals surface area contributed by atoms with Crippen molar-refractivity contribution >= 4 is 8.32 Å². The molecule has 0 spiro atoms. The Balaban J connectivity index is 1.47. The molecule has 0 aliphatic heterocycles. The topological polar surface area (TPSA) is 9.23 Å². The molecule has 4 aliphatic rings. The monoisotopic (exact) mass is 390 g/mol. The Kier molecular flexibility index (Phi) is 4.99. The Labute approximate surface area is 170 Å². The minimum absolute atomic E-state index is 0.335. The molecule has 0 aromatic heterocycles. The highest BCUT2D eigenvalue weighted by atomic mass is 28.4. The number of hydrogen-bond donors (Lipinski definition) is 0. The van der Waals surface area contributed by atoms with E-state index in [0.29, 0.717) is 22.0 Å². The van der Waals surface area contributed by atoms with E-state index in [1.54, 1.807) is 0 Å². The third-order valence-corrected chi connectivity index (χ3v) is 15.2. The van der Waals surface area contributed by atoms with Crippen molar-refractivity contribution in [2.75, 3.05) is 0 Å². The first kappa shape index (κ1) is 20.4. The lowest BCUT2D eigenvalue weighted by molar-refractivity contribution is -0.119. The third kappa shape index (κ3) is 3.29. The summed E-state index contributed by atoms with van der Waals surface area (Å²) in [5, 5.41) is 0.335. The molecule has 0 aromatic carbocycles. The zero-order valence-electron chi connectivity index (χ0n) is 19.4. The van der Waals surface area contributed by atoms with Gasteiger partial charge in [-0.15, -0.1) is 0 Å². The second-order valence-electron chi connectivity index (χ2n) is 13.0. The SMILES string of the molecule is CC(C)(C)[Si](C)(C)O[C@@H]1CC[C@@]2(C)[C@H](CC[C@H]3[C@@H]4CCC[C@@]4(C)CC[C@@H]32)C1. The predicted molar refractivity (Wildman–Crippen MR) is 118 cm³/mol. The highest BCUT2D eigenvalue weighted by Gasteiger charge is 2.58. The molecule has 4 rings (SSSR count). The maximum atomic E-state index is 6.90. The molecule has 0 saturated heterocycles. The summed E-state index contributed by atoms with van der Waals surface area (Å²) in [6.45, 7) is 17.4. The summed E-state index contributed by atoms with van der Waals surface area (Å²) in [4.78, 5) is 0. The van der Waals surface area contributed by atoms with E-state index in [-0.39, 0.29) is 0 Å². The summed E-state index contributed by atoms with van der Waals surface area (Å²) < 4.78 is 6.90. The van der Waals surface area contributed by atoms with E-state index >= 15 is 0 Å². The fourth-order valence-corrected chi connectivity index (χ4v) is 9.31. The van der Waals surface area contributed by atoms with E-state index in [4.69, 9.17) is 4.43 Å². The summed E-state index contributed by atoms with van der Waals surface area (Å²) >= 11 is 0. The minimum atomic E-state index is -1.64. The first-order valence-corrected chi connectivity index (χ1v) is 15.0. The van der Waals surface area contributed by atoms with Crippen molar-refractivity contribution in [3.63, 3.8) is 0 Å². The zero-order valence-corrected chi connectivity index (χ0v) is 20.4. The lowest BCUT2D eigenvalue weighted by Gasteiger charge is -2.61. The van der Waals surface area contributed by atoms with E-state index in [1.165, 1.54) is 64.2 Å². The molecular weight excluding hydrogens is 344 g/mol. The smallest absolute Gasteiger partial charge is 0.192 e. The van der Waals surface area contributed by atoms with Crippen LogP contribution in [0.5, 0.6) is 0 Å². The van der Waals surface area contributed by atoms with Gasteiger partial charge in [-0.25, -0.2) is 0 Å². The van der Waals surface area contributed by atoms with Crippen molar-refractivity contribution in [2.45, 2.75) is 123 Å². The molecule has 7 atom stereocenters. The van der Waals surface area contributed by atoms with E-state index in [0.717, 1.165) is 23.7 Å². The van der Waals surface area contributed by atoms with Crippen LogP contribution in [0.15, 0.2) is 0 Å². The fraction of sp³-hybridized carbons (Fsp3) is 1.00. The summed E-state index contributed by atoms with van der Waals surface area (Å²) in [5.74, 6) is 4.04. The maximum absolute atomic E-state index is 6.90. The van der Waals surface area contributed by atoms with Crippen LogP contribution in [0, 0.1) is 34.5 Å². The molecule has 4 aliphatic carbocycles. The van der Waals surface area contributed by atoms with Gasteiger partial charge in [0.15, 0.2) is 8.32 Å². The first-order valence-electron chi connectivity index (χ1n) is 12.1. The molecule has 0 aromatic rings. The first-order chi connectivity index (χ1) is 12.5. The average molecular weight is 391 g/mol. The maximum Gasteiger partial charge on any atom is 0.192 e. The van der Waals surface area contributed by atoms with Crippen LogP contribution in [-0.2, 0) is 4.43 Å². The highest BCUT2D eigenvalue weighted by molar-refractivity contribution is 6.74. The van der Waals surface area contributed by atoms with Gasteiger partial charge in [0.2, 0.25) is 0 Å². The summed E-state index contributed by atoms with van der Waals surface area (Å²) in [6.07, 6.45) is 15.3. The quantitative estimate of drug-likeness (QED) is 0.437. The van der Waals surface area contributed by atoms with Crippen molar-refractivity contribution in [3.05, 3.63) is 0 Å². The average Bonchev–Trinajstić information content (AvgIpc) is 2.95. The van der Waals surface area contributed by atoms with Gasteiger partial charge in [0.05, 0.1) is 0 Å².